The lowest BCUT2D eigenvalue weighted by atomic mass is 10.0. The summed E-state index contributed by atoms with van der Waals surface area (Å²) in [4.78, 5) is 41.6. The Morgan fingerprint density at radius 1 is 0.909 bits per heavy atom. The highest BCUT2D eigenvalue weighted by Crippen LogP contribution is 2.17. The Kier molecular flexibility index (Phi) is 8.87. The number of carbonyl (C=O) groups is 3. The van der Waals surface area contributed by atoms with Crippen LogP contribution in [-0.2, 0) is 25.5 Å². The van der Waals surface area contributed by atoms with Gasteiger partial charge in [-0.3, -0.25) is 9.59 Å². The summed E-state index contributed by atoms with van der Waals surface area (Å²) in [5.74, 6) is -0.792. The number of para-hydroxylation sites is 1. The van der Waals surface area contributed by atoms with Crippen molar-refractivity contribution < 1.29 is 19.1 Å². The molecule has 1 aliphatic heterocycles. The molecule has 2 amide bonds. The molecule has 7 nitrogen and oxygen atoms in total. The van der Waals surface area contributed by atoms with Crippen LogP contribution in [0.4, 0.5) is 5.69 Å². The van der Waals surface area contributed by atoms with Crippen molar-refractivity contribution in [2.75, 3.05) is 38.2 Å². The number of piperazine rings is 1. The van der Waals surface area contributed by atoms with Gasteiger partial charge in [-0.2, -0.15) is 0 Å². The predicted molar refractivity (Wildman–Crippen MR) is 128 cm³/mol. The molecular weight excluding hydrogens is 418 g/mol. The second-order valence-electron chi connectivity index (χ2n) is 8.55. The first kappa shape index (κ1) is 24.3. The third-order valence-corrected chi connectivity index (χ3v) is 5.91. The van der Waals surface area contributed by atoms with Gasteiger partial charge in [0.1, 0.15) is 6.04 Å². The topological polar surface area (TPSA) is 78.9 Å². The maximum absolute atomic E-state index is 12.8. The van der Waals surface area contributed by atoms with E-state index < -0.39 is 12.0 Å². The highest BCUT2D eigenvalue weighted by molar-refractivity contribution is 5.85. The Labute approximate surface area is 195 Å². The lowest BCUT2D eigenvalue weighted by Crippen LogP contribution is -2.49. The van der Waals surface area contributed by atoms with E-state index in [-0.39, 0.29) is 24.2 Å². The van der Waals surface area contributed by atoms with E-state index in [1.165, 1.54) is 12.8 Å². The lowest BCUT2D eigenvalue weighted by molar-refractivity contribution is -0.145. The molecule has 1 heterocycles. The minimum atomic E-state index is -0.751. The molecule has 2 aromatic carbocycles. The van der Waals surface area contributed by atoms with Crippen LogP contribution in [-0.4, -0.2) is 62.0 Å². The van der Waals surface area contributed by atoms with Crippen LogP contribution in [0.25, 0.3) is 0 Å². The van der Waals surface area contributed by atoms with Gasteiger partial charge in [0.05, 0.1) is 7.11 Å². The molecule has 33 heavy (non-hydrogen) atoms. The lowest BCUT2D eigenvalue weighted by Gasteiger charge is -2.36. The van der Waals surface area contributed by atoms with Crippen molar-refractivity contribution in [1.29, 1.82) is 0 Å². The van der Waals surface area contributed by atoms with Gasteiger partial charge in [0, 0.05) is 51.1 Å². The van der Waals surface area contributed by atoms with Gasteiger partial charge < -0.3 is 19.9 Å². The highest BCUT2D eigenvalue weighted by Gasteiger charge is 2.25. The molecule has 3 rings (SSSR count). The molecule has 0 aliphatic carbocycles. The molecule has 0 spiro atoms. The normalized spacial score (nSPS) is 15.5. The summed E-state index contributed by atoms with van der Waals surface area (Å²) in [7, 11) is 1.31. The van der Waals surface area contributed by atoms with Gasteiger partial charge >= 0.3 is 5.97 Å². The predicted octanol–water partition coefficient (Wildman–Crippen LogP) is 2.65. The summed E-state index contributed by atoms with van der Waals surface area (Å²) in [6.45, 7) is 4.83. The molecule has 2 atom stereocenters. The van der Waals surface area contributed by atoms with Gasteiger partial charge in [-0.05, 0) is 23.6 Å². The van der Waals surface area contributed by atoms with E-state index in [9.17, 15) is 14.4 Å². The molecule has 2 aromatic rings. The summed E-state index contributed by atoms with van der Waals surface area (Å²) < 4.78 is 4.86. The van der Waals surface area contributed by atoms with E-state index in [2.05, 4.69) is 22.3 Å². The van der Waals surface area contributed by atoms with Crippen molar-refractivity contribution in [3.63, 3.8) is 0 Å². The number of hydrogen-bond acceptors (Lipinski definition) is 5. The second kappa shape index (κ2) is 12.0. The van der Waals surface area contributed by atoms with Crippen molar-refractivity contribution in [2.24, 2.45) is 5.92 Å². The largest absolute Gasteiger partial charge is 0.467 e. The maximum Gasteiger partial charge on any atom is 0.328 e. The molecule has 0 aromatic heterocycles. The number of carbonyl (C=O) groups excluding carboxylic acids is 3. The molecule has 7 heteroatoms. The molecule has 0 bridgehead atoms. The van der Waals surface area contributed by atoms with E-state index in [4.69, 9.17) is 4.74 Å². The van der Waals surface area contributed by atoms with Gasteiger partial charge in [0.15, 0.2) is 0 Å². The van der Waals surface area contributed by atoms with Crippen LogP contribution >= 0.6 is 0 Å². The summed E-state index contributed by atoms with van der Waals surface area (Å²) in [6.07, 6.45) is 0.844. The number of benzene rings is 2. The molecule has 0 unspecified atom stereocenters. The molecule has 1 fully saturated rings. The number of ether oxygens (including phenoxy) is 1. The monoisotopic (exact) mass is 451 g/mol. The standard InChI is InChI=1S/C26H33N3O4/c1-20(17-24(30)27-23(26(32)33-2)19-21-9-5-3-6-10-21)18-25(31)29-15-13-28(14-16-29)22-11-7-4-8-12-22/h3-12,20,23H,13-19H2,1-2H3,(H,27,30)/t20-,23-/m0/s1. The Bertz CT molecular complexity index is 912. The number of methoxy groups -OCH3 is 1. The number of amides is 2. The number of hydrogen-bond donors (Lipinski definition) is 1. The minimum Gasteiger partial charge on any atom is -0.467 e. The van der Waals surface area contributed by atoms with E-state index in [1.54, 1.807) is 0 Å². The van der Waals surface area contributed by atoms with Crippen molar-refractivity contribution in [3.8, 4) is 0 Å². The smallest absolute Gasteiger partial charge is 0.328 e. The molecule has 1 aliphatic rings. The third kappa shape index (κ3) is 7.34. The van der Waals surface area contributed by atoms with E-state index >= 15 is 0 Å². The summed E-state index contributed by atoms with van der Waals surface area (Å²) in [5.41, 5.74) is 2.11. The van der Waals surface area contributed by atoms with Crippen LogP contribution in [0.1, 0.15) is 25.3 Å². The Hall–Kier alpha value is -3.35. The summed E-state index contributed by atoms with van der Waals surface area (Å²) in [6, 6.07) is 18.9. The third-order valence-electron chi connectivity index (χ3n) is 5.91. The van der Waals surface area contributed by atoms with Crippen molar-refractivity contribution in [2.45, 2.75) is 32.2 Å². The van der Waals surface area contributed by atoms with Crippen molar-refractivity contribution >= 4 is 23.5 Å². The molecule has 0 radical (unpaired) electrons. The molecule has 1 saturated heterocycles. The molecular formula is C26H33N3O4. The Balaban J connectivity index is 1.45. The zero-order valence-corrected chi connectivity index (χ0v) is 19.4. The fraction of sp³-hybridized carbons (Fsp3) is 0.423. The van der Waals surface area contributed by atoms with Crippen molar-refractivity contribution in [3.05, 3.63) is 66.2 Å². The van der Waals surface area contributed by atoms with Crippen LogP contribution in [0.3, 0.4) is 0 Å². The zero-order valence-electron chi connectivity index (χ0n) is 19.4. The first-order valence-electron chi connectivity index (χ1n) is 11.4. The van der Waals surface area contributed by atoms with Crippen LogP contribution in [0, 0.1) is 5.92 Å². The minimum absolute atomic E-state index is 0.0665. The molecule has 1 N–H and O–H groups in total. The first-order valence-corrected chi connectivity index (χ1v) is 11.4. The Morgan fingerprint density at radius 3 is 2.12 bits per heavy atom. The number of esters is 1. The fourth-order valence-electron chi connectivity index (χ4n) is 4.11. The zero-order chi connectivity index (χ0) is 23.6. The van der Waals surface area contributed by atoms with E-state index in [0.717, 1.165) is 18.7 Å². The quantitative estimate of drug-likeness (QED) is 0.593. The second-order valence-corrected chi connectivity index (χ2v) is 8.55. The van der Waals surface area contributed by atoms with Crippen LogP contribution in [0.5, 0.6) is 0 Å². The van der Waals surface area contributed by atoms with E-state index in [0.29, 0.717) is 25.9 Å². The van der Waals surface area contributed by atoms with Gasteiger partial charge in [0.25, 0.3) is 0 Å². The fourth-order valence-corrected chi connectivity index (χ4v) is 4.11. The average molecular weight is 452 g/mol. The highest BCUT2D eigenvalue weighted by atomic mass is 16.5. The van der Waals surface area contributed by atoms with Crippen LogP contribution < -0.4 is 10.2 Å². The number of nitrogens with zero attached hydrogens (tertiary/aromatic N) is 2. The van der Waals surface area contributed by atoms with Gasteiger partial charge in [-0.25, -0.2) is 4.79 Å². The summed E-state index contributed by atoms with van der Waals surface area (Å²) >= 11 is 0. The average Bonchev–Trinajstić information content (AvgIpc) is 2.84. The number of rotatable bonds is 9. The van der Waals surface area contributed by atoms with Gasteiger partial charge in [-0.1, -0.05) is 55.5 Å². The van der Waals surface area contributed by atoms with Crippen LogP contribution in [0.15, 0.2) is 60.7 Å². The van der Waals surface area contributed by atoms with Gasteiger partial charge in [-0.15, -0.1) is 0 Å². The molecule has 0 saturated carbocycles. The van der Waals surface area contributed by atoms with E-state index in [1.807, 2.05) is 60.4 Å². The number of nitrogens with one attached hydrogen (secondary N) is 1. The SMILES string of the molecule is COC(=O)[C@H](Cc1ccccc1)NC(=O)C[C@H](C)CC(=O)N1CCN(c2ccccc2)CC1. The first-order chi connectivity index (χ1) is 16.0. The van der Waals surface area contributed by atoms with Crippen molar-refractivity contribution in [1.82, 2.24) is 10.2 Å². The Morgan fingerprint density at radius 2 is 1.52 bits per heavy atom. The molecule has 176 valence electrons. The summed E-state index contributed by atoms with van der Waals surface area (Å²) in [5, 5.41) is 2.78. The van der Waals surface area contributed by atoms with Crippen LogP contribution in [0.2, 0.25) is 0 Å². The number of anilines is 1. The maximum atomic E-state index is 12.8. The van der Waals surface area contributed by atoms with Gasteiger partial charge in [0.2, 0.25) is 11.8 Å².